The lowest BCUT2D eigenvalue weighted by atomic mass is 9.60. The zero-order valence-electron chi connectivity index (χ0n) is 35.2. The van der Waals surface area contributed by atoms with E-state index in [0.29, 0.717) is 30.8 Å². The van der Waals surface area contributed by atoms with E-state index in [2.05, 4.69) is 101 Å². The van der Waals surface area contributed by atoms with Crippen molar-refractivity contribution in [1.82, 2.24) is 9.97 Å². The second-order valence-corrected chi connectivity index (χ2v) is 16.4. The Morgan fingerprint density at radius 3 is 1.34 bits per heavy atom. The Hall–Kier alpha value is -6.92. The van der Waals surface area contributed by atoms with Gasteiger partial charge in [0.25, 0.3) is 0 Å². The number of pyridine rings is 2. The third-order valence-corrected chi connectivity index (χ3v) is 11.8. The Balaban J connectivity index is 1.38. The van der Waals surface area contributed by atoms with E-state index in [-0.39, 0.29) is 24.8 Å². The first-order valence-corrected chi connectivity index (χ1v) is 21.0. The first-order valence-electron chi connectivity index (χ1n) is 21.0. The molecule has 6 nitrogen and oxygen atoms in total. The van der Waals surface area contributed by atoms with E-state index in [0.717, 1.165) is 66.6 Å². The third-order valence-electron chi connectivity index (χ3n) is 11.8. The molecular weight excluding hydrogens is 753 g/mol. The number of hydrogen-bond donors (Lipinski definition) is 0. The quantitative estimate of drug-likeness (QED) is 0.101. The molecule has 0 N–H and O–H groups in total. The Morgan fingerprint density at radius 2 is 0.918 bits per heavy atom. The van der Waals surface area contributed by atoms with Gasteiger partial charge in [-0.05, 0) is 118 Å². The minimum atomic E-state index is -0.834. The molecule has 0 saturated carbocycles. The highest BCUT2D eigenvalue weighted by Gasteiger charge is 2.45. The van der Waals surface area contributed by atoms with Crippen LogP contribution in [0.15, 0.2) is 181 Å². The van der Waals surface area contributed by atoms with Crippen molar-refractivity contribution >= 4 is 44.9 Å². The second-order valence-electron chi connectivity index (χ2n) is 16.4. The average molecular weight is 803 g/mol. The summed E-state index contributed by atoms with van der Waals surface area (Å²) in [6.45, 7) is 8.41. The topological polar surface area (TPSA) is 78.4 Å². The molecule has 2 aliphatic rings. The molecule has 2 aromatic heterocycles. The van der Waals surface area contributed by atoms with Gasteiger partial charge in [-0.15, -0.1) is 0 Å². The summed E-state index contributed by atoms with van der Waals surface area (Å²) in [5.74, 6) is 0.342. The third kappa shape index (κ3) is 9.14. The maximum absolute atomic E-state index is 14.0. The van der Waals surface area contributed by atoms with Gasteiger partial charge in [-0.25, -0.2) is 9.97 Å². The summed E-state index contributed by atoms with van der Waals surface area (Å²) in [4.78, 5) is 38.8. The van der Waals surface area contributed by atoms with E-state index in [4.69, 9.17) is 19.4 Å². The zero-order chi connectivity index (χ0) is 42.4. The second kappa shape index (κ2) is 17.7. The number of para-hydroxylation sites is 4. The predicted octanol–water partition coefficient (Wildman–Crippen LogP) is 13.0. The summed E-state index contributed by atoms with van der Waals surface area (Å²) in [6.07, 6.45) is 18.8. The molecule has 0 fully saturated rings. The lowest BCUT2D eigenvalue weighted by Crippen LogP contribution is -2.39. The number of carbonyl (C=O) groups is 2. The van der Waals surface area contributed by atoms with E-state index in [1.807, 2.05) is 72.8 Å². The first kappa shape index (κ1) is 40.8. The fourth-order valence-electron chi connectivity index (χ4n) is 8.93. The van der Waals surface area contributed by atoms with Crippen LogP contribution in [0.25, 0.3) is 33.0 Å². The van der Waals surface area contributed by atoms with Gasteiger partial charge < -0.3 is 9.47 Å². The van der Waals surface area contributed by atoms with E-state index in [9.17, 15) is 9.59 Å². The molecule has 2 unspecified atom stereocenters. The van der Waals surface area contributed by atoms with Crippen LogP contribution < -0.4 is 9.47 Å². The van der Waals surface area contributed by atoms with Gasteiger partial charge in [0, 0.05) is 34.4 Å². The highest BCUT2D eigenvalue weighted by molar-refractivity contribution is 5.86. The Kier molecular flexibility index (Phi) is 11.9. The number of hydrogen-bond acceptors (Lipinski definition) is 6. The maximum atomic E-state index is 14.0. The van der Waals surface area contributed by atoms with Crippen LogP contribution in [0, 0.1) is 0 Å². The fourth-order valence-corrected chi connectivity index (χ4v) is 8.93. The molecule has 0 radical (unpaired) electrons. The molecule has 2 atom stereocenters. The molecule has 2 aliphatic carbocycles. The van der Waals surface area contributed by atoms with Gasteiger partial charge in [0.1, 0.15) is 11.5 Å². The summed E-state index contributed by atoms with van der Waals surface area (Å²) in [7, 11) is 0. The van der Waals surface area contributed by atoms with Crippen molar-refractivity contribution in [2.75, 3.05) is 0 Å². The van der Waals surface area contributed by atoms with Gasteiger partial charge in [0.15, 0.2) is 0 Å². The largest absolute Gasteiger partial charge is 0.427 e. The number of esters is 2. The number of allylic oxidation sites excluding steroid dienone is 12. The van der Waals surface area contributed by atoms with Crippen LogP contribution in [-0.2, 0) is 20.4 Å². The van der Waals surface area contributed by atoms with Crippen LogP contribution in [0.1, 0.15) is 82.3 Å². The molecular formula is C55H50N2O4. The monoisotopic (exact) mass is 802 g/mol. The van der Waals surface area contributed by atoms with Crippen molar-refractivity contribution in [3.63, 3.8) is 0 Å². The summed E-state index contributed by atoms with van der Waals surface area (Å²) in [5.41, 5.74) is 8.04. The summed E-state index contributed by atoms with van der Waals surface area (Å²) in [5, 5.41) is 2.00. The number of nitrogens with zero attached hydrogens (tertiary/aromatic N) is 2. The fraction of sp³-hybridized carbons (Fsp3) is 0.200. The molecule has 6 aromatic rings. The molecule has 61 heavy (non-hydrogen) atoms. The number of ether oxygens (including phenoxy) is 2. The van der Waals surface area contributed by atoms with Crippen molar-refractivity contribution in [3.05, 3.63) is 204 Å². The average Bonchev–Trinajstić information content (AvgIpc) is 3.34. The minimum absolute atomic E-state index is 0.119. The molecule has 304 valence electrons. The molecule has 6 heteroatoms. The SMILES string of the molecule is CC1=C/C=C\C(CCC(=O)Oc2ccccc2)(CC2(CCC(=O)Oc3ccccc3)\C=C/C=C(C)/C=C(\C)c3nc4ccccc4cc32)c2cc3ccccc3nc2C(C)=C1. The van der Waals surface area contributed by atoms with Crippen LogP contribution >= 0.6 is 0 Å². The van der Waals surface area contributed by atoms with Crippen LogP contribution in [-0.4, -0.2) is 21.9 Å². The standard InChI is InChI=1S/C55H50N2O4/c1-38-17-15-29-54(31-27-50(58)60-44-21-7-5-8-22-44,46-35-42-19-11-13-25-48(42)56-52(46)40(3)33-38)37-55(32-28-51(59)61-45-23-9-6-10-24-45)30-16-18-39(2)34-41(4)53-47(55)36-43-20-12-14-26-49(43)57-53/h5-26,29-30,33-36H,27-28,31-32,37H2,1-4H3/b29-15-,30-16-,38-17+,39-18?,40-33+,41-34?. The molecule has 0 amide bonds. The predicted molar refractivity (Wildman–Crippen MR) is 247 cm³/mol. The smallest absolute Gasteiger partial charge is 0.311 e. The first-order chi connectivity index (χ1) is 29.6. The number of carbonyl (C=O) groups excluding carboxylic acids is 2. The summed E-state index contributed by atoms with van der Waals surface area (Å²) < 4.78 is 11.9. The van der Waals surface area contributed by atoms with Crippen molar-refractivity contribution < 1.29 is 19.1 Å². The van der Waals surface area contributed by atoms with Crippen LogP contribution in [0.3, 0.4) is 0 Å². The van der Waals surface area contributed by atoms with Gasteiger partial charge >= 0.3 is 11.9 Å². The molecule has 8 rings (SSSR count). The lowest BCUT2D eigenvalue weighted by molar-refractivity contribution is -0.135. The van der Waals surface area contributed by atoms with E-state index in [1.54, 1.807) is 24.3 Å². The summed E-state index contributed by atoms with van der Waals surface area (Å²) in [6, 6.07) is 39.3. The molecule has 0 spiro atoms. The Labute approximate surface area is 358 Å². The van der Waals surface area contributed by atoms with E-state index < -0.39 is 10.8 Å². The van der Waals surface area contributed by atoms with E-state index in [1.165, 1.54) is 0 Å². The summed E-state index contributed by atoms with van der Waals surface area (Å²) >= 11 is 0. The van der Waals surface area contributed by atoms with Crippen molar-refractivity contribution in [1.29, 1.82) is 0 Å². The molecule has 4 aromatic carbocycles. The van der Waals surface area contributed by atoms with Gasteiger partial charge in [-0.1, -0.05) is 133 Å². The van der Waals surface area contributed by atoms with Gasteiger partial charge in [-0.3, -0.25) is 9.59 Å². The number of benzene rings is 4. The van der Waals surface area contributed by atoms with Gasteiger partial charge in [0.05, 0.1) is 22.4 Å². The molecule has 0 bridgehead atoms. The number of rotatable bonds is 10. The minimum Gasteiger partial charge on any atom is -0.427 e. The van der Waals surface area contributed by atoms with Crippen LogP contribution in [0.4, 0.5) is 0 Å². The maximum Gasteiger partial charge on any atom is 0.311 e. The van der Waals surface area contributed by atoms with Crippen LogP contribution in [0.2, 0.25) is 0 Å². The molecule has 0 saturated heterocycles. The molecule has 0 aliphatic heterocycles. The zero-order valence-corrected chi connectivity index (χ0v) is 35.2. The van der Waals surface area contributed by atoms with Crippen molar-refractivity contribution in [3.8, 4) is 11.5 Å². The van der Waals surface area contributed by atoms with E-state index >= 15 is 0 Å². The highest BCUT2D eigenvalue weighted by atomic mass is 16.5. The van der Waals surface area contributed by atoms with Crippen molar-refractivity contribution in [2.45, 2.75) is 70.6 Å². The van der Waals surface area contributed by atoms with Crippen LogP contribution in [0.5, 0.6) is 11.5 Å². The number of aromatic nitrogens is 2. The number of fused-ring (bicyclic) bond motifs is 4. The Bertz CT molecular complexity index is 2620. The lowest BCUT2D eigenvalue weighted by Gasteiger charge is -2.43. The van der Waals surface area contributed by atoms with Crippen molar-refractivity contribution in [2.24, 2.45) is 0 Å². The normalized spacial score (nSPS) is 21.4. The molecule has 2 heterocycles. The van der Waals surface area contributed by atoms with Gasteiger partial charge in [-0.2, -0.15) is 0 Å². The van der Waals surface area contributed by atoms with Gasteiger partial charge in [0.2, 0.25) is 0 Å². The highest BCUT2D eigenvalue weighted by Crippen LogP contribution is 2.51. The Morgan fingerprint density at radius 1 is 0.525 bits per heavy atom.